The van der Waals surface area contributed by atoms with Gasteiger partial charge in [0.1, 0.15) is 0 Å². The zero-order valence-electron chi connectivity index (χ0n) is 13.1. The number of ether oxygens (including phenoxy) is 1. The highest BCUT2D eigenvalue weighted by molar-refractivity contribution is 5.59. The third kappa shape index (κ3) is 2.29. The van der Waals surface area contributed by atoms with Crippen molar-refractivity contribution in [3.63, 3.8) is 0 Å². The number of hydrogen-bond donors (Lipinski definition) is 1. The summed E-state index contributed by atoms with van der Waals surface area (Å²) in [6, 6.07) is 10.8. The lowest BCUT2D eigenvalue weighted by Gasteiger charge is -2.14. The second-order valence-corrected chi connectivity index (χ2v) is 6.29. The SMILES string of the molecule is Cc1cc(C)c2c(c1O)OC[C@@H]2c1ccc(C(C)C)cc1. The molecule has 0 saturated heterocycles. The molecular weight excluding hydrogens is 260 g/mol. The first-order chi connectivity index (χ1) is 9.99. The van der Waals surface area contributed by atoms with E-state index in [9.17, 15) is 5.11 Å². The van der Waals surface area contributed by atoms with Gasteiger partial charge in [0.25, 0.3) is 0 Å². The average molecular weight is 282 g/mol. The molecule has 0 spiro atoms. The Morgan fingerprint density at radius 1 is 1.10 bits per heavy atom. The van der Waals surface area contributed by atoms with Gasteiger partial charge in [-0.15, -0.1) is 0 Å². The van der Waals surface area contributed by atoms with Crippen LogP contribution in [0, 0.1) is 13.8 Å². The van der Waals surface area contributed by atoms with Crippen molar-refractivity contribution in [2.75, 3.05) is 6.61 Å². The molecule has 0 unspecified atom stereocenters. The van der Waals surface area contributed by atoms with Crippen LogP contribution < -0.4 is 4.74 Å². The lowest BCUT2D eigenvalue weighted by atomic mass is 9.88. The lowest BCUT2D eigenvalue weighted by molar-refractivity contribution is 0.323. The molecule has 110 valence electrons. The van der Waals surface area contributed by atoms with Crippen molar-refractivity contribution in [3.8, 4) is 11.5 Å². The molecule has 2 aromatic rings. The number of rotatable bonds is 2. The third-order valence-corrected chi connectivity index (χ3v) is 4.44. The van der Waals surface area contributed by atoms with Crippen LogP contribution in [0.1, 0.15) is 53.5 Å². The quantitative estimate of drug-likeness (QED) is 0.868. The maximum Gasteiger partial charge on any atom is 0.165 e. The number of fused-ring (bicyclic) bond motifs is 1. The fourth-order valence-corrected chi connectivity index (χ4v) is 3.16. The van der Waals surface area contributed by atoms with Crippen molar-refractivity contribution in [1.82, 2.24) is 0 Å². The Morgan fingerprint density at radius 2 is 1.76 bits per heavy atom. The first-order valence-electron chi connectivity index (χ1n) is 7.54. The summed E-state index contributed by atoms with van der Waals surface area (Å²) in [6.07, 6.45) is 0. The monoisotopic (exact) mass is 282 g/mol. The van der Waals surface area contributed by atoms with Crippen LogP contribution in [-0.2, 0) is 0 Å². The fourth-order valence-electron chi connectivity index (χ4n) is 3.16. The molecule has 1 N–H and O–H groups in total. The average Bonchev–Trinajstić information content (AvgIpc) is 2.90. The summed E-state index contributed by atoms with van der Waals surface area (Å²) in [5.74, 6) is 1.72. The summed E-state index contributed by atoms with van der Waals surface area (Å²) in [6.45, 7) is 9.02. The Kier molecular flexibility index (Phi) is 3.40. The van der Waals surface area contributed by atoms with E-state index in [1.807, 2.05) is 13.0 Å². The molecule has 1 aliphatic rings. The second kappa shape index (κ2) is 5.10. The maximum atomic E-state index is 10.2. The molecular formula is C19H22O2. The summed E-state index contributed by atoms with van der Waals surface area (Å²) >= 11 is 0. The Hall–Kier alpha value is -1.96. The van der Waals surface area contributed by atoms with Crippen molar-refractivity contribution in [2.24, 2.45) is 0 Å². The fraction of sp³-hybridized carbons (Fsp3) is 0.368. The zero-order valence-corrected chi connectivity index (χ0v) is 13.1. The zero-order chi connectivity index (χ0) is 15.1. The minimum Gasteiger partial charge on any atom is -0.504 e. The predicted molar refractivity (Wildman–Crippen MR) is 85.4 cm³/mol. The number of aryl methyl sites for hydroxylation is 2. The summed E-state index contributed by atoms with van der Waals surface area (Å²) in [5, 5.41) is 10.2. The van der Waals surface area contributed by atoms with E-state index in [1.54, 1.807) is 0 Å². The molecule has 2 heteroatoms. The van der Waals surface area contributed by atoms with Gasteiger partial charge in [-0.2, -0.15) is 0 Å². The molecule has 0 bridgehead atoms. The molecule has 2 aromatic carbocycles. The molecule has 1 aliphatic heterocycles. The van der Waals surface area contributed by atoms with E-state index in [1.165, 1.54) is 16.7 Å². The number of aromatic hydroxyl groups is 1. The Bertz CT molecular complexity index is 669. The van der Waals surface area contributed by atoms with Gasteiger partial charge in [-0.25, -0.2) is 0 Å². The van der Waals surface area contributed by atoms with Crippen LogP contribution in [0.2, 0.25) is 0 Å². The Morgan fingerprint density at radius 3 is 2.38 bits per heavy atom. The van der Waals surface area contributed by atoms with Crippen molar-refractivity contribution in [1.29, 1.82) is 0 Å². The van der Waals surface area contributed by atoms with E-state index in [-0.39, 0.29) is 11.7 Å². The predicted octanol–water partition coefficient (Wildman–Crippen LogP) is 4.66. The molecule has 1 atom stereocenters. The summed E-state index contributed by atoms with van der Waals surface area (Å²) in [4.78, 5) is 0. The Balaban J connectivity index is 2.03. The normalized spacial score (nSPS) is 16.9. The van der Waals surface area contributed by atoms with Gasteiger partial charge in [-0.3, -0.25) is 0 Å². The molecule has 0 saturated carbocycles. The van der Waals surface area contributed by atoms with E-state index < -0.39 is 0 Å². The van der Waals surface area contributed by atoms with Crippen LogP contribution in [0.5, 0.6) is 11.5 Å². The van der Waals surface area contributed by atoms with Crippen molar-refractivity contribution in [2.45, 2.75) is 39.5 Å². The summed E-state index contributed by atoms with van der Waals surface area (Å²) < 4.78 is 5.79. The second-order valence-electron chi connectivity index (χ2n) is 6.29. The number of benzene rings is 2. The van der Waals surface area contributed by atoms with Gasteiger partial charge in [0.2, 0.25) is 0 Å². The summed E-state index contributed by atoms with van der Waals surface area (Å²) in [5.41, 5.74) is 5.80. The molecule has 0 aliphatic carbocycles. The number of phenols is 1. The van der Waals surface area contributed by atoms with Gasteiger partial charge >= 0.3 is 0 Å². The highest BCUT2D eigenvalue weighted by Gasteiger charge is 2.30. The van der Waals surface area contributed by atoms with Gasteiger partial charge < -0.3 is 9.84 Å². The summed E-state index contributed by atoms with van der Waals surface area (Å²) in [7, 11) is 0. The van der Waals surface area contributed by atoms with E-state index in [0.29, 0.717) is 18.3 Å². The van der Waals surface area contributed by atoms with Crippen molar-refractivity contribution >= 4 is 0 Å². The molecule has 1 heterocycles. The number of hydrogen-bond acceptors (Lipinski definition) is 2. The molecule has 21 heavy (non-hydrogen) atoms. The van der Waals surface area contributed by atoms with E-state index >= 15 is 0 Å². The molecule has 0 radical (unpaired) electrons. The Labute approximate surface area is 126 Å². The smallest absolute Gasteiger partial charge is 0.165 e. The van der Waals surface area contributed by atoms with Crippen LogP contribution >= 0.6 is 0 Å². The lowest BCUT2D eigenvalue weighted by Crippen LogP contribution is -2.04. The van der Waals surface area contributed by atoms with Gasteiger partial charge in [0.15, 0.2) is 11.5 Å². The molecule has 0 amide bonds. The molecule has 0 aromatic heterocycles. The molecule has 2 nitrogen and oxygen atoms in total. The highest BCUT2D eigenvalue weighted by Crippen LogP contribution is 2.46. The minimum absolute atomic E-state index is 0.215. The first kappa shape index (κ1) is 14.0. The van der Waals surface area contributed by atoms with Gasteiger partial charge in [-0.05, 0) is 42.0 Å². The van der Waals surface area contributed by atoms with Crippen LogP contribution in [-0.4, -0.2) is 11.7 Å². The first-order valence-corrected chi connectivity index (χ1v) is 7.54. The van der Waals surface area contributed by atoms with Crippen LogP contribution in [0.25, 0.3) is 0 Å². The van der Waals surface area contributed by atoms with Crippen molar-refractivity contribution < 1.29 is 9.84 Å². The van der Waals surface area contributed by atoms with Gasteiger partial charge in [-0.1, -0.05) is 44.2 Å². The number of phenolic OH excluding ortho intramolecular Hbond substituents is 1. The highest BCUT2D eigenvalue weighted by atomic mass is 16.5. The third-order valence-electron chi connectivity index (χ3n) is 4.44. The van der Waals surface area contributed by atoms with E-state index in [2.05, 4.69) is 45.0 Å². The van der Waals surface area contributed by atoms with E-state index in [4.69, 9.17) is 4.74 Å². The largest absolute Gasteiger partial charge is 0.504 e. The topological polar surface area (TPSA) is 29.5 Å². The molecule has 3 rings (SSSR count). The van der Waals surface area contributed by atoms with Crippen LogP contribution in [0.4, 0.5) is 0 Å². The van der Waals surface area contributed by atoms with E-state index in [0.717, 1.165) is 11.1 Å². The van der Waals surface area contributed by atoms with Crippen LogP contribution in [0.3, 0.4) is 0 Å². The standard InChI is InChI=1S/C19H22O2/c1-11(2)14-5-7-15(8-6-14)16-10-21-19-17(16)12(3)9-13(4)18(19)20/h5-9,11,16,20H,10H2,1-4H3/t16-/m1/s1. The van der Waals surface area contributed by atoms with Crippen LogP contribution in [0.15, 0.2) is 30.3 Å². The van der Waals surface area contributed by atoms with Gasteiger partial charge in [0, 0.05) is 11.5 Å². The van der Waals surface area contributed by atoms with Crippen molar-refractivity contribution in [3.05, 3.63) is 58.1 Å². The maximum absolute atomic E-state index is 10.2. The minimum atomic E-state index is 0.215. The molecule has 0 fully saturated rings. The van der Waals surface area contributed by atoms with Gasteiger partial charge in [0.05, 0.1) is 6.61 Å².